The van der Waals surface area contributed by atoms with E-state index in [9.17, 15) is 4.79 Å². The summed E-state index contributed by atoms with van der Waals surface area (Å²) in [6.07, 6.45) is 0.537. The van der Waals surface area contributed by atoms with E-state index in [2.05, 4.69) is 58.5 Å². The lowest BCUT2D eigenvalue weighted by Gasteiger charge is -2.39. The van der Waals surface area contributed by atoms with E-state index in [1.54, 1.807) is 10.6 Å². The number of nitrogens with zero attached hydrogens (tertiary/aromatic N) is 3. The quantitative estimate of drug-likeness (QED) is 0.0705. The molecule has 4 heterocycles. The van der Waals surface area contributed by atoms with Gasteiger partial charge in [0.15, 0.2) is 20.1 Å². The van der Waals surface area contributed by atoms with Crippen LogP contribution in [0.5, 0.6) is 11.9 Å². The lowest BCUT2D eigenvalue weighted by atomic mass is 10.1. The van der Waals surface area contributed by atoms with Crippen molar-refractivity contribution < 1.29 is 46.4 Å². The number of rotatable bonds is 18. The van der Waals surface area contributed by atoms with Crippen molar-refractivity contribution in [1.82, 2.24) is 14.5 Å². The lowest BCUT2D eigenvalue weighted by molar-refractivity contribution is -0.143. The van der Waals surface area contributed by atoms with Gasteiger partial charge in [0.1, 0.15) is 47.7 Å². The summed E-state index contributed by atoms with van der Waals surface area (Å²) in [4.78, 5) is 21.3. The largest absolute Gasteiger partial charge is 0.471 e. The number of imidazole rings is 1. The highest BCUT2D eigenvalue weighted by Gasteiger charge is 2.52. The Bertz CT molecular complexity index is 1740. The summed E-state index contributed by atoms with van der Waals surface area (Å²) < 4.78 is 74.7. The van der Waals surface area contributed by atoms with Crippen molar-refractivity contribution in [3.63, 3.8) is 0 Å². The van der Waals surface area contributed by atoms with Crippen LogP contribution in [0.1, 0.15) is 58.1 Å². The summed E-state index contributed by atoms with van der Waals surface area (Å²) in [6.45, 7) is 21.0. The van der Waals surface area contributed by atoms with Gasteiger partial charge in [0.25, 0.3) is 0 Å². The van der Waals surface area contributed by atoms with Crippen molar-refractivity contribution in [2.24, 2.45) is 0 Å². The molecule has 0 N–H and O–H groups in total. The van der Waals surface area contributed by atoms with E-state index in [0.717, 1.165) is 18.9 Å². The van der Waals surface area contributed by atoms with Crippen molar-refractivity contribution >= 4 is 45.1 Å². The van der Waals surface area contributed by atoms with Gasteiger partial charge in [-0.15, -0.1) is 0 Å². The molecule has 300 valence electrons. The van der Waals surface area contributed by atoms with Crippen LogP contribution in [0, 0.1) is 11.6 Å². The number of fused-ring (bicyclic) bond motifs is 2. The smallest absolute Gasteiger partial charge is 0.306 e. The average molecular weight is 812 g/mol. The van der Waals surface area contributed by atoms with Crippen LogP contribution in [0.4, 0.5) is 8.78 Å². The molecular formula is C38H56ClF2N3O8Si2. The highest BCUT2D eigenvalue weighted by molar-refractivity contribution is 6.76. The zero-order chi connectivity index (χ0) is 39.4. The summed E-state index contributed by atoms with van der Waals surface area (Å²) in [5.74, 6) is -2.05. The SMILES string of the molecule is CCCCOC(=O)CCc1cc(F)c(COc2nc3c(cc2Cl)nc(O[C@@H]2CO[C@H]4[C@@H]2OC[C@H]4O[Si](C)(C)C(C)(C)C)n3COCC[Si](C)(C)C)c(F)c1. The first-order valence-corrected chi connectivity index (χ1v) is 25.8. The second kappa shape index (κ2) is 17.6. The molecule has 0 radical (unpaired) electrons. The highest BCUT2D eigenvalue weighted by atomic mass is 35.5. The number of ether oxygens (including phenoxy) is 6. The van der Waals surface area contributed by atoms with Gasteiger partial charge in [0.05, 0.1) is 31.5 Å². The molecular weight excluding hydrogens is 756 g/mol. The van der Waals surface area contributed by atoms with E-state index in [1.165, 1.54) is 12.1 Å². The van der Waals surface area contributed by atoms with Gasteiger partial charge >= 0.3 is 12.0 Å². The van der Waals surface area contributed by atoms with Crippen molar-refractivity contribution in [3.05, 3.63) is 46.0 Å². The third-order valence-electron chi connectivity index (χ3n) is 10.2. The van der Waals surface area contributed by atoms with Gasteiger partial charge in [-0.1, -0.05) is 65.4 Å². The molecule has 0 aliphatic carbocycles. The molecule has 0 saturated carbocycles. The summed E-state index contributed by atoms with van der Waals surface area (Å²) in [5.41, 5.74) is 0.831. The molecule has 16 heteroatoms. The van der Waals surface area contributed by atoms with E-state index in [0.29, 0.717) is 36.5 Å². The van der Waals surface area contributed by atoms with Crippen molar-refractivity contribution in [2.75, 3.05) is 26.4 Å². The van der Waals surface area contributed by atoms with Crippen molar-refractivity contribution in [1.29, 1.82) is 0 Å². The summed E-state index contributed by atoms with van der Waals surface area (Å²) in [7, 11) is -3.44. The maximum Gasteiger partial charge on any atom is 0.306 e. The molecule has 5 rings (SSSR count). The number of esters is 1. The molecule has 2 aliphatic rings. The Balaban J connectivity index is 1.32. The van der Waals surface area contributed by atoms with Gasteiger partial charge in [0.2, 0.25) is 5.88 Å². The molecule has 3 aromatic rings. The molecule has 4 atom stereocenters. The first kappa shape index (κ1) is 42.5. The first-order chi connectivity index (χ1) is 25.4. The topological polar surface area (TPSA) is 112 Å². The number of halogens is 3. The normalized spacial score (nSPS) is 20.4. The summed E-state index contributed by atoms with van der Waals surface area (Å²) >= 11 is 6.59. The second-order valence-electron chi connectivity index (χ2n) is 16.9. The predicted molar refractivity (Wildman–Crippen MR) is 207 cm³/mol. The standard InChI is InChI=1S/C38H56ClF2N3O8Si2/c1-10-11-14-47-32(45)13-12-24-17-27(40)25(28(41)18-24)20-50-36-26(39)19-29-35(43-36)44(23-46-15-16-53(5,6)7)37(42-29)51-30-21-48-34-31(22-49-33(30)34)52-54(8,9)38(2,3)4/h17-19,30-31,33-34H,10-16,20-23H2,1-9H3/t30-,31-,33-,34-/m1/s1. The molecule has 0 bridgehead atoms. The van der Waals surface area contributed by atoms with E-state index < -0.39 is 46.7 Å². The van der Waals surface area contributed by atoms with Crippen LogP contribution in [0.25, 0.3) is 11.2 Å². The Hall–Kier alpha value is -2.67. The Morgan fingerprint density at radius 3 is 2.31 bits per heavy atom. The monoisotopic (exact) mass is 811 g/mol. The summed E-state index contributed by atoms with van der Waals surface area (Å²) in [5, 5.41) is 0.140. The zero-order valence-corrected chi connectivity index (χ0v) is 35.8. The minimum Gasteiger partial charge on any atom is -0.471 e. The molecule has 2 saturated heterocycles. The maximum absolute atomic E-state index is 15.1. The fourth-order valence-electron chi connectivity index (χ4n) is 5.88. The number of aromatic nitrogens is 3. The van der Waals surface area contributed by atoms with Crippen LogP contribution >= 0.6 is 11.6 Å². The van der Waals surface area contributed by atoms with E-state index in [4.69, 9.17) is 49.4 Å². The molecule has 1 aromatic carbocycles. The third-order valence-corrected chi connectivity index (χ3v) is 16.7. The Morgan fingerprint density at radius 1 is 1.00 bits per heavy atom. The van der Waals surface area contributed by atoms with Crippen LogP contribution in [-0.2, 0) is 47.9 Å². The molecule has 0 unspecified atom stereocenters. The maximum atomic E-state index is 15.1. The summed E-state index contributed by atoms with van der Waals surface area (Å²) in [6, 6.07) is 5.16. The molecule has 0 spiro atoms. The molecule has 11 nitrogen and oxygen atoms in total. The molecule has 2 fully saturated rings. The molecule has 2 aliphatic heterocycles. The number of hydrogen-bond acceptors (Lipinski definition) is 10. The van der Waals surface area contributed by atoms with Crippen LogP contribution in [-0.4, -0.2) is 87.7 Å². The van der Waals surface area contributed by atoms with Gasteiger partial charge in [-0.25, -0.2) is 8.78 Å². The molecule has 2 aromatic heterocycles. The van der Waals surface area contributed by atoms with Gasteiger partial charge in [-0.3, -0.25) is 9.36 Å². The number of unbranched alkanes of at least 4 members (excludes halogenated alkanes) is 1. The van der Waals surface area contributed by atoms with E-state index in [-0.39, 0.29) is 72.0 Å². The fourth-order valence-corrected chi connectivity index (χ4v) is 8.15. The second-order valence-corrected chi connectivity index (χ2v) is 27.6. The van der Waals surface area contributed by atoms with Crippen LogP contribution in [0.2, 0.25) is 48.8 Å². The minimum atomic E-state index is -2.07. The number of benzene rings is 1. The Labute approximate surface area is 324 Å². The van der Waals surface area contributed by atoms with Gasteiger partial charge in [-0.05, 0) is 60.8 Å². The average Bonchev–Trinajstić information content (AvgIpc) is 3.75. The van der Waals surface area contributed by atoms with E-state index >= 15 is 8.78 Å². The number of carbonyl (C=O) groups is 1. The minimum absolute atomic E-state index is 0.0212. The van der Waals surface area contributed by atoms with Gasteiger partial charge < -0.3 is 32.8 Å². The predicted octanol–water partition coefficient (Wildman–Crippen LogP) is 8.47. The Kier molecular flexibility index (Phi) is 13.9. The number of carbonyl (C=O) groups excluding carboxylic acids is 1. The van der Waals surface area contributed by atoms with Crippen LogP contribution in [0.3, 0.4) is 0 Å². The highest BCUT2D eigenvalue weighted by Crippen LogP contribution is 2.41. The Morgan fingerprint density at radius 2 is 1.67 bits per heavy atom. The van der Waals surface area contributed by atoms with Crippen molar-refractivity contribution in [3.8, 4) is 11.9 Å². The first-order valence-electron chi connectivity index (χ1n) is 18.8. The van der Waals surface area contributed by atoms with E-state index in [1.807, 2.05) is 6.92 Å². The number of hydrogen-bond donors (Lipinski definition) is 0. The zero-order valence-electron chi connectivity index (χ0n) is 33.1. The van der Waals surface area contributed by atoms with Gasteiger partial charge in [0, 0.05) is 21.1 Å². The van der Waals surface area contributed by atoms with Gasteiger partial charge in [-0.2, -0.15) is 9.97 Å². The number of pyridine rings is 1. The molecule has 54 heavy (non-hydrogen) atoms. The van der Waals surface area contributed by atoms with Crippen LogP contribution in [0.15, 0.2) is 18.2 Å². The van der Waals surface area contributed by atoms with Crippen molar-refractivity contribution in [2.45, 2.75) is 135 Å². The third kappa shape index (κ3) is 10.6. The molecule has 0 amide bonds. The fraction of sp³-hybridized carbons (Fsp3) is 0.658. The lowest BCUT2D eigenvalue weighted by Crippen LogP contribution is -2.47. The van der Waals surface area contributed by atoms with Crippen LogP contribution < -0.4 is 9.47 Å². The number of aryl methyl sites for hydroxylation is 1.